The van der Waals surface area contributed by atoms with Crippen LogP contribution in [0.2, 0.25) is 0 Å². The maximum absolute atomic E-state index is 11.6. The summed E-state index contributed by atoms with van der Waals surface area (Å²) in [6.07, 6.45) is 6.94. The molecular formula is C20H31NO4. The van der Waals surface area contributed by atoms with E-state index in [1.807, 2.05) is 24.3 Å². The maximum atomic E-state index is 11.6. The molecule has 0 fully saturated rings. The van der Waals surface area contributed by atoms with Crippen LogP contribution in [0.3, 0.4) is 0 Å². The van der Waals surface area contributed by atoms with Crippen molar-refractivity contribution in [2.45, 2.75) is 45.6 Å². The Morgan fingerprint density at radius 3 is 2.60 bits per heavy atom. The van der Waals surface area contributed by atoms with Gasteiger partial charge in [-0.1, -0.05) is 45.2 Å². The lowest BCUT2D eigenvalue weighted by atomic mass is 10.0. The summed E-state index contributed by atoms with van der Waals surface area (Å²) >= 11 is 0. The molecule has 0 heterocycles. The highest BCUT2D eigenvalue weighted by molar-refractivity contribution is 5.91. The van der Waals surface area contributed by atoms with Gasteiger partial charge in [0.2, 0.25) is 5.91 Å². The van der Waals surface area contributed by atoms with Gasteiger partial charge in [0, 0.05) is 12.6 Å². The molecule has 1 amide bonds. The number of amides is 1. The number of hydrogen-bond donors (Lipinski definition) is 3. The Hall–Kier alpha value is -1.85. The minimum absolute atomic E-state index is 0.0308. The molecule has 0 saturated carbocycles. The molecule has 0 aliphatic heterocycles. The molecule has 0 aliphatic carbocycles. The summed E-state index contributed by atoms with van der Waals surface area (Å²) in [6, 6.07) is 7.60. The maximum Gasteiger partial charge on any atom is 0.244 e. The van der Waals surface area contributed by atoms with Crippen molar-refractivity contribution in [3.8, 4) is 5.75 Å². The number of benzene rings is 1. The van der Waals surface area contributed by atoms with E-state index >= 15 is 0 Å². The summed E-state index contributed by atoms with van der Waals surface area (Å²) in [5, 5.41) is 20.4. The second-order valence-corrected chi connectivity index (χ2v) is 6.21. The van der Waals surface area contributed by atoms with Crippen LogP contribution >= 0.6 is 0 Å². The first-order chi connectivity index (χ1) is 12.1. The predicted octanol–water partition coefficient (Wildman–Crippen LogP) is 2.76. The van der Waals surface area contributed by atoms with E-state index in [1.165, 1.54) is 25.3 Å². The van der Waals surface area contributed by atoms with Crippen LogP contribution in [-0.4, -0.2) is 42.0 Å². The zero-order valence-electron chi connectivity index (χ0n) is 15.3. The molecule has 5 nitrogen and oxygen atoms in total. The van der Waals surface area contributed by atoms with Gasteiger partial charge in [-0.2, -0.15) is 0 Å². The van der Waals surface area contributed by atoms with Crippen molar-refractivity contribution < 1.29 is 19.7 Å². The van der Waals surface area contributed by atoms with E-state index in [-0.39, 0.29) is 19.1 Å². The Balaban J connectivity index is 2.42. The summed E-state index contributed by atoms with van der Waals surface area (Å²) in [5.41, 5.74) is 0.892. The van der Waals surface area contributed by atoms with Crippen LogP contribution in [0.1, 0.15) is 45.1 Å². The molecule has 2 atom stereocenters. The van der Waals surface area contributed by atoms with Crippen molar-refractivity contribution in [1.82, 2.24) is 5.32 Å². The lowest BCUT2D eigenvalue weighted by molar-refractivity contribution is -0.117. The molecule has 0 saturated heterocycles. The molecule has 0 spiro atoms. The van der Waals surface area contributed by atoms with Gasteiger partial charge in [-0.05, 0) is 36.1 Å². The summed E-state index contributed by atoms with van der Waals surface area (Å²) < 4.78 is 5.86. The Morgan fingerprint density at radius 2 is 2.00 bits per heavy atom. The summed E-state index contributed by atoms with van der Waals surface area (Å²) in [7, 11) is 0. The van der Waals surface area contributed by atoms with E-state index in [4.69, 9.17) is 9.84 Å². The van der Waals surface area contributed by atoms with Crippen LogP contribution in [-0.2, 0) is 4.79 Å². The number of ether oxygens (including phenoxy) is 1. The molecule has 5 heteroatoms. The highest BCUT2D eigenvalue weighted by Gasteiger charge is 2.07. The molecule has 1 rings (SSSR count). The van der Waals surface area contributed by atoms with Gasteiger partial charge in [-0.25, -0.2) is 0 Å². The van der Waals surface area contributed by atoms with Crippen molar-refractivity contribution >= 4 is 12.0 Å². The van der Waals surface area contributed by atoms with Crippen LogP contribution in [0, 0.1) is 5.92 Å². The molecular weight excluding hydrogens is 318 g/mol. The summed E-state index contributed by atoms with van der Waals surface area (Å²) in [6.45, 7) is 4.80. The molecule has 0 aliphatic rings. The topological polar surface area (TPSA) is 78.8 Å². The Bertz CT molecular complexity index is 513. The predicted molar refractivity (Wildman–Crippen MR) is 100 cm³/mol. The Labute approximate surface area is 150 Å². The molecule has 140 valence electrons. The summed E-state index contributed by atoms with van der Waals surface area (Å²) in [5.74, 6) is 1.12. The van der Waals surface area contributed by atoms with Gasteiger partial charge in [-0.15, -0.1) is 0 Å². The van der Waals surface area contributed by atoms with Crippen LogP contribution in [0.15, 0.2) is 30.3 Å². The van der Waals surface area contributed by atoms with Gasteiger partial charge in [0.15, 0.2) is 0 Å². The Kier molecular flexibility index (Phi) is 10.6. The smallest absolute Gasteiger partial charge is 0.244 e. The number of hydrogen-bond acceptors (Lipinski definition) is 4. The first-order valence-electron chi connectivity index (χ1n) is 9.06. The number of rotatable bonds is 12. The quantitative estimate of drug-likeness (QED) is 0.507. The number of aliphatic hydroxyl groups excluding tert-OH is 2. The van der Waals surface area contributed by atoms with Crippen LogP contribution in [0.4, 0.5) is 0 Å². The fraction of sp³-hybridized carbons (Fsp3) is 0.550. The molecule has 1 aromatic carbocycles. The minimum Gasteiger partial charge on any atom is -0.493 e. The molecule has 2 unspecified atom stereocenters. The number of carbonyl (C=O) groups is 1. The van der Waals surface area contributed by atoms with E-state index in [1.54, 1.807) is 6.08 Å². The van der Waals surface area contributed by atoms with E-state index in [0.29, 0.717) is 5.92 Å². The molecule has 0 aromatic heterocycles. The zero-order chi connectivity index (χ0) is 18.5. The molecule has 25 heavy (non-hydrogen) atoms. The first-order valence-corrected chi connectivity index (χ1v) is 9.06. The largest absolute Gasteiger partial charge is 0.493 e. The standard InChI is InChI=1S/C20H31NO4/c1-3-5-6-16(4-2)15-25-19-10-7-17(8-11-19)9-12-20(24)21-13-18(23)14-22/h7-12,16,18,22-23H,3-6,13-15H2,1-2H3,(H,21,24). The molecule has 0 bridgehead atoms. The van der Waals surface area contributed by atoms with Gasteiger partial charge >= 0.3 is 0 Å². The van der Waals surface area contributed by atoms with Gasteiger partial charge in [0.05, 0.1) is 19.3 Å². The highest BCUT2D eigenvalue weighted by Crippen LogP contribution is 2.17. The van der Waals surface area contributed by atoms with Crippen molar-refractivity contribution in [3.05, 3.63) is 35.9 Å². The van der Waals surface area contributed by atoms with E-state index in [9.17, 15) is 9.90 Å². The third-order valence-electron chi connectivity index (χ3n) is 4.06. The van der Waals surface area contributed by atoms with Gasteiger partial charge in [0.1, 0.15) is 5.75 Å². The molecule has 3 N–H and O–H groups in total. The number of nitrogens with one attached hydrogen (secondary N) is 1. The van der Waals surface area contributed by atoms with E-state index in [2.05, 4.69) is 19.2 Å². The van der Waals surface area contributed by atoms with Crippen LogP contribution in [0.5, 0.6) is 5.75 Å². The van der Waals surface area contributed by atoms with Gasteiger partial charge in [0.25, 0.3) is 0 Å². The minimum atomic E-state index is -0.932. The van der Waals surface area contributed by atoms with Crippen molar-refractivity contribution in [2.75, 3.05) is 19.8 Å². The summed E-state index contributed by atoms with van der Waals surface area (Å²) in [4.78, 5) is 11.6. The SMILES string of the molecule is CCCCC(CC)COc1ccc(C=CC(=O)NCC(O)CO)cc1. The monoisotopic (exact) mass is 349 g/mol. The van der Waals surface area contributed by atoms with Crippen LogP contribution in [0.25, 0.3) is 6.08 Å². The van der Waals surface area contributed by atoms with Gasteiger partial charge < -0.3 is 20.3 Å². The van der Waals surface area contributed by atoms with Crippen LogP contribution < -0.4 is 10.1 Å². The third kappa shape index (κ3) is 9.27. The average Bonchev–Trinajstić information content (AvgIpc) is 2.65. The number of carbonyl (C=O) groups excluding carboxylic acids is 1. The number of aliphatic hydroxyl groups is 2. The highest BCUT2D eigenvalue weighted by atomic mass is 16.5. The van der Waals surface area contributed by atoms with E-state index < -0.39 is 6.10 Å². The van der Waals surface area contributed by atoms with E-state index in [0.717, 1.165) is 24.3 Å². The van der Waals surface area contributed by atoms with Gasteiger partial charge in [-0.3, -0.25) is 4.79 Å². The normalized spacial score (nSPS) is 13.6. The van der Waals surface area contributed by atoms with Crippen molar-refractivity contribution in [2.24, 2.45) is 5.92 Å². The average molecular weight is 349 g/mol. The molecule has 0 radical (unpaired) electrons. The van der Waals surface area contributed by atoms with Crippen molar-refractivity contribution in [1.29, 1.82) is 0 Å². The lowest BCUT2D eigenvalue weighted by Crippen LogP contribution is -2.32. The first kappa shape index (κ1) is 21.2. The fourth-order valence-electron chi connectivity index (χ4n) is 2.30. The number of unbranched alkanes of at least 4 members (excludes halogenated alkanes) is 1. The molecule has 1 aromatic rings. The Morgan fingerprint density at radius 1 is 1.28 bits per heavy atom. The second kappa shape index (κ2) is 12.5. The third-order valence-corrected chi connectivity index (χ3v) is 4.06. The zero-order valence-corrected chi connectivity index (χ0v) is 15.3. The van der Waals surface area contributed by atoms with Crippen molar-refractivity contribution in [3.63, 3.8) is 0 Å². The fourth-order valence-corrected chi connectivity index (χ4v) is 2.30. The lowest BCUT2D eigenvalue weighted by Gasteiger charge is -2.15. The second-order valence-electron chi connectivity index (χ2n) is 6.21.